The predicted molar refractivity (Wildman–Crippen MR) is 51.7 cm³/mol. The summed E-state index contributed by atoms with van der Waals surface area (Å²) in [7, 11) is 0. The van der Waals surface area contributed by atoms with Gasteiger partial charge in [-0.3, -0.25) is 4.98 Å². The number of nitrogens with zero attached hydrogens (tertiary/aromatic N) is 1. The molecule has 0 aliphatic heterocycles. The Balaban J connectivity index is 2.58. The first kappa shape index (κ1) is 9.51. The van der Waals surface area contributed by atoms with E-state index in [-0.39, 0.29) is 6.03 Å². The molecule has 0 saturated carbocycles. The number of urea groups is 1. The van der Waals surface area contributed by atoms with Crippen LogP contribution in [-0.4, -0.2) is 17.6 Å². The summed E-state index contributed by atoms with van der Waals surface area (Å²) < 4.78 is 0. The highest BCUT2D eigenvalue weighted by atomic mass is 16.2. The van der Waals surface area contributed by atoms with E-state index in [0.29, 0.717) is 6.54 Å². The highest BCUT2D eigenvalue weighted by molar-refractivity contribution is 5.89. The van der Waals surface area contributed by atoms with E-state index in [1.54, 1.807) is 12.3 Å². The number of carbonyl (C=O) groups is 1. The molecule has 0 radical (unpaired) electrons. The first-order valence-corrected chi connectivity index (χ1v) is 4.20. The van der Waals surface area contributed by atoms with Crippen molar-refractivity contribution in [1.82, 2.24) is 10.3 Å². The maximum Gasteiger partial charge on any atom is 0.319 e. The van der Waals surface area contributed by atoms with Crippen molar-refractivity contribution in [3.05, 3.63) is 24.0 Å². The summed E-state index contributed by atoms with van der Waals surface area (Å²) >= 11 is 0. The van der Waals surface area contributed by atoms with E-state index in [0.717, 1.165) is 11.4 Å². The van der Waals surface area contributed by atoms with Gasteiger partial charge in [-0.2, -0.15) is 0 Å². The van der Waals surface area contributed by atoms with E-state index in [1.807, 2.05) is 19.9 Å². The smallest absolute Gasteiger partial charge is 0.319 e. The van der Waals surface area contributed by atoms with Gasteiger partial charge in [-0.25, -0.2) is 4.79 Å². The summed E-state index contributed by atoms with van der Waals surface area (Å²) in [6, 6.07) is 3.38. The zero-order valence-electron chi connectivity index (χ0n) is 7.79. The lowest BCUT2D eigenvalue weighted by atomic mass is 10.3. The van der Waals surface area contributed by atoms with Crippen LogP contribution in [0.15, 0.2) is 18.3 Å². The zero-order chi connectivity index (χ0) is 9.68. The number of pyridine rings is 1. The summed E-state index contributed by atoms with van der Waals surface area (Å²) in [5, 5.41) is 5.34. The van der Waals surface area contributed by atoms with E-state index in [2.05, 4.69) is 15.6 Å². The van der Waals surface area contributed by atoms with Crippen LogP contribution in [0.25, 0.3) is 0 Å². The predicted octanol–water partition coefficient (Wildman–Crippen LogP) is 1.53. The van der Waals surface area contributed by atoms with Crippen molar-refractivity contribution in [1.29, 1.82) is 0 Å². The average molecular weight is 179 g/mol. The maximum atomic E-state index is 11.1. The largest absolute Gasteiger partial charge is 0.338 e. The molecule has 0 fully saturated rings. The third-order valence-electron chi connectivity index (χ3n) is 1.49. The van der Waals surface area contributed by atoms with Crippen LogP contribution in [0.2, 0.25) is 0 Å². The van der Waals surface area contributed by atoms with E-state index >= 15 is 0 Å². The molecule has 0 aliphatic rings. The molecule has 1 aromatic rings. The molecule has 4 nitrogen and oxygen atoms in total. The molecule has 0 atom stereocenters. The van der Waals surface area contributed by atoms with Gasteiger partial charge in [-0.1, -0.05) is 0 Å². The minimum absolute atomic E-state index is 0.187. The van der Waals surface area contributed by atoms with Crippen LogP contribution >= 0.6 is 0 Å². The normalized spacial score (nSPS) is 9.38. The third kappa shape index (κ3) is 3.11. The van der Waals surface area contributed by atoms with Crippen LogP contribution in [0.4, 0.5) is 10.5 Å². The Morgan fingerprint density at radius 3 is 3.00 bits per heavy atom. The molecule has 0 aliphatic carbocycles. The second-order valence-electron chi connectivity index (χ2n) is 2.67. The molecule has 0 unspecified atom stereocenters. The van der Waals surface area contributed by atoms with Gasteiger partial charge >= 0.3 is 6.03 Å². The number of hydrogen-bond donors (Lipinski definition) is 2. The lowest BCUT2D eigenvalue weighted by molar-refractivity contribution is 0.252. The molecule has 0 aromatic carbocycles. The maximum absolute atomic E-state index is 11.1. The number of amides is 2. The summed E-state index contributed by atoms with van der Waals surface area (Å²) in [5.74, 6) is 0. The average Bonchev–Trinajstić information content (AvgIpc) is 2.04. The van der Waals surface area contributed by atoms with E-state index in [4.69, 9.17) is 0 Å². The minimum Gasteiger partial charge on any atom is -0.338 e. The van der Waals surface area contributed by atoms with Gasteiger partial charge in [0.05, 0.1) is 0 Å². The molecule has 0 bridgehead atoms. The Bertz CT molecular complexity index is 299. The molecule has 2 amide bonds. The first-order valence-electron chi connectivity index (χ1n) is 4.20. The minimum atomic E-state index is -0.187. The van der Waals surface area contributed by atoms with Crippen LogP contribution < -0.4 is 10.6 Å². The highest BCUT2D eigenvalue weighted by Gasteiger charge is 1.98. The van der Waals surface area contributed by atoms with Gasteiger partial charge < -0.3 is 10.6 Å². The molecule has 2 N–H and O–H groups in total. The second kappa shape index (κ2) is 4.45. The molecule has 1 rings (SSSR count). The lowest BCUT2D eigenvalue weighted by Gasteiger charge is -2.05. The van der Waals surface area contributed by atoms with Crippen molar-refractivity contribution < 1.29 is 4.79 Å². The first-order chi connectivity index (χ1) is 6.22. The van der Waals surface area contributed by atoms with Crippen LogP contribution in [0, 0.1) is 6.92 Å². The fraction of sp³-hybridized carbons (Fsp3) is 0.333. The number of carbonyl (C=O) groups excluding carboxylic acids is 1. The zero-order valence-corrected chi connectivity index (χ0v) is 7.79. The van der Waals surface area contributed by atoms with Crippen molar-refractivity contribution in [2.45, 2.75) is 13.8 Å². The Hall–Kier alpha value is -1.58. The van der Waals surface area contributed by atoms with Gasteiger partial charge in [0.25, 0.3) is 0 Å². The van der Waals surface area contributed by atoms with Crippen molar-refractivity contribution in [2.24, 2.45) is 0 Å². The quantitative estimate of drug-likeness (QED) is 0.723. The van der Waals surface area contributed by atoms with Crippen LogP contribution in [-0.2, 0) is 0 Å². The number of anilines is 1. The number of aryl methyl sites for hydroxylation is 1. The number of nitrogens with one attached hydrogen (secondary N) is 2. The molecule has 1 aromatic heterocycles. The number of aromatic nitrogens is 1. The van der Waals surface area contributed by atoms with Crippen LogP contribution in [0.3, 0.4) is 0 Å². The van der Waals surface area contributed by atoms with Crippen molar-refractivity contribution >= 4 is 11.7 Å². The van der Waals surface area contributed by atoms with Gasteiger partial charge in [0.15, 0.2) is 0 Å². The molecular weight excluding hydrogens is 166 g/mol. The Kier molecular flexibility index (Phi) is 3.25. The van der Waals surface area contributed by atoms with E-state index < -0.39 is 0 Å². The summed E-state index contributed by atoms with van der Waals surface area (Å²) in [5.41, 5.74) is 1.65. The van der Waals surface area contributed by atoms with E-state index in [1.165, 1.54) is 0 Å². The Morgan fingerprint density at radius 1 is 1.62 bits per heavy atom. The molecule has 0 spiro atoms. The SMILES string of the molecule is CCNC(=O)Nc1ccnc(C)c1. The lowest BCUT2D eigenvalue weighted by Crippen LogP contribution is -2.28. The number of rotatable bonds is 2. The van der Waals surface area contributed by atoms with Gasteiger partial charge in [0, 0.05) is 24.1 Å². The number of hydrogen-bond acceptors (Lipinski definition) is 2. The molecule has 0 saturated heterocycles. The van der Waals surface area contributed by atoms with Crippen LogP contribution in [0.1, 0.15) is 12.6 Å². The Morgan fingerprint density at radius 2 is 2.38 bits per heavy atom. The monoisotopic (exact) mass is 179 g/mol. The molecule has 1 heterocycles. The van der Waals surface area contributed by atoms with E-state index in [9.17, 15) is 4.79 Å². The van der Waals surface area contributed by atoms with Crippen molar-refractivity contribution in [2.75, 3.05) is 11.9 Å². The van der Waals surface area contributed by atoms with Crippen molar-refractivity contribution in [3.8, 4) is 0 Å². The molecule has 13 heavy (non-hydrogen) atoms. The molecule has 70 valence electrons. The topological polar surface area (TPSA) is 54.0 Å². The van der Waals surface area contributed by atoms with Gasteiger partial charge in [-0.05, 0) is 26.0 Å². The fourth-order valence-electron chi connectivity index (χ4n) is 0.959. The highest BCUT2D eigenvalue weighted by Crippen LogP contribution is 2.06. The van der Waals surface area contributed by atoms with Gasteiger partial charge in [0.1, 0.15) is 0 Å². The van der Waals surface area contributed by atoms with Crippen LogP contribution in [0.5, 0.6) is 0 Å². The summed E-state index contributed by atoms with van der Waals surface area (Å²) in [6.07, 6.45) is 1.66. The summed E-state index contributed by atoms with van der Waals surface area (Å²) in [6.45, 7) is 4.37. The van der Waals surface area contributed by atoms with Gasteiger partial charge in [0.2, 0.25) is 0 Å². The third-order valence-corrected chi connectivity index (χ3v) is 1.49. The summed E-state index contributed by atoms with van der Waals surface area (Å²) in [4.78, 5) is 15.1. The second-order valence-corrected chi connectivity index (χ2v) is 2.67. The Labute approximate surface area is 77.4 Å². The van der Waals surface area contributed by atoms with Gasteiger partial charge in [-0.15, -0.1) is 0 Å². The van der Waals surface area contributed by atoms with Crippen molar-refractivity contribution in [3.63, 3.8) is 0 Å². The molecular formula is C9H13N3O. The standard InChI is InChI=1S/C9H13N3O/c1-3-10-9(13)12-8-4-5-11-7(2)6-8/h4-6H,3H2,1-2H3,(H2,10,11,12,13). The fourth-order valence-corrected chi connectivity index (χ4v) is 0.959. The molecule has 4 heteroatoms.